The van der Waals surface area contributed by atoms with E-state index in [-0.39, 0.29) is 5.97 Å². The lowest BCUT2D eigenvalue weighted by molar-refractivity contribution is -0.144. The summed E-state index contributed by atoms with van der Waals surface area (Å²) in [6, 6.07) is 0. The van der Waals surface area contributed by atoms with Crippen LogP contribution in [0.15, 0.2) is 0 Å². The Morgan fingerprint density at radius 2 is 1.59 bits per heavy atom. The van der Waals surface area contributed by atoms with E-state index < -0.39 is 0 Å². The van der Waals surface area contributed by atoms with Gasteiger partial charge in [0.25, 0.3) is 0 Å². The summed E-state index contributed by atoms with van der Waals surface area (Å²) in [5, 5.41) is 0. The quantitative estimate of drug-likeness (QED) is 0.387. The lowest BCUT2D eigenvalue weighted by atomic mass is 9.92. The SMILES string of the molecule is CCCCCCC(CCCC)CC(=O)OCC. The standard InChI is InChI=1S/C15H30O2/c1-4-7-9-10-12-14(11-8-5-2)13-15(16)17-6-3/h14H,4-13H2,1-3H3. The third kappa shape index (κ3) is 10.3. The molecule has 0 bridgehead atoms. The predicted molar refractivity (Wildman–Crippen MR) is 73.0 cm³/mol. The summed E-state index contributed by atoms with van der Waals surface area (Å²) in [7, 11) is 0. The van der Waals surface area contributed by atoms with Crippen LogP contribution in [0.2, 0.25) is 0 Å². The molecule has 0 aliphatic carbocycles. The van der Waals surface area contributed by atoms with Gasteiger partial charge < -0.3 is 4.74 Å². The first kappa shape index (κ1) is 16.5. The Labute approximate surface area is 107 Å². The highest BCUT2D eigenvalue weighted by atomic mass is 16.5. The average Bonchev–Trinajstić information content (AvgIpc) is 2.31. The maximum Gasteiger partial charge on any atom is 0.306 e. The Morgan fingerprint density at radius 1 is 0.941 bits per heavy atom. The van der Waals surface area contributed by atoms with Crippen LogP contribution in [0, 0.1) is 5.92 Å². The first-order chi connectivity index (χ1) is 8.24. The molecular formula is C15H30O2. The minimum Gasteiger partial charge on any atom is -0.466 e. The molecule has 0 aliphatic heterocycles. The molecular weight excluding hydrogens is 212 g/mol. The lowest BCUT2D eigenvalue weighted by Gasteiger charge is -2.15. The summed E-state index contributed by atoms with van der Waals surface area (Å²) in [5.41, 5.74) is 0. The van der Waals surface area contributed by atoms with Crippen LogP contribution in [0.4, 0.5) is 0 Å². The number of unbranched alkanes of at least 4 members (excludes halogenated alkanes) is 4. The topological polar surface area (TPSA) is 26.3 Å². The number of hydrogen-bond acceptors (Lipinski definition) is 2. The van der Waals surface area contributed by atoms with E-state index >= 15 is 0 Å². The Hall–Kier alpha value is -0.530. The van der Waals surface area contributed by atoms with Crippen LogP contribution in [0.3, 0.4) is 0 Å². The van der Waals surface area contributed by atoms with Gasteiger partial charge in [-0.3, -0.25) is 4.79 Å². The van der Waals surface area contributed by atoms with Crippen LogP contribution in [-0.4, -0.2) is 12.6 Å². The zero-order valence-corrected chi connectivity index (χ0v) is 12.0. The molecule has 0 rings (SSSR count). The largest absolute Gasteiger partial charge is 0.466 e. The molecule has 1 unspecified atom stereocenters. The van der Waals surface area contributed by atoms with Gasteiger partial charge >= 0.3 is 5.97 Å². The third-order valence-corrected chi connectivity index (χ3v) is 3.19. The smallest absolute Gasteiger partial charge is 0.306 e. The highest BCUT2D eigenvalue weighted by Crippen LogP contribution is 2.21. The van der Waals surface area contributed by atoms with Crippen molar-refractivity contribution in [1.82, 2.24) is 0 Å². The first-order valence-corrected chi connectivity index (χ1v) is 7.40. The summed E-state index contributed by atoms with van der Waals surface area (Å²) < 4.78 is 5.04. The molecule has 102 valence electrons. The number of ether oxygens (including phenoxy) is 1. The van der Waals surface area contributed by atoms with Crippen LogP contribution in [0.5, 0.6) is 0 Å². The van der Waals surface area contributed by atoms with E-state index in [1.54, 1.807) is 0 Å². The van der Waals surface area contributed by atoms with Crippen molar-refractivity contribution in [3.8, 4) is 0 Å². The van der Waals surface area contributed by atoms with E-state index in [2.05, 4.69) is 13.8 Å². The molecule has 0 saturated heterocycles. The van der Waals surface area contributed by atoms with Crippen molar-refractivity contribution >= 4 is 5.97 Å². The van der Waals surface area contributed by atoms with Crippen molar-refractivity contribution in [3.05, 3.63) is 0 Å². The van der Waals surface area contributed by atoms with Crippen LogP contribution in [-0.2, 0) is 9.53 Å². The molecule has 0 aromatic carbocycles. The second-order valence-electron chi connectivity index (χ2n) is 4.87. The molecule has 0 N–H and O–H groups in total. The predicted octanol–water partition coefficient (Wildman–Crippen LogP) is 4.72. The highest BCUT2D eigenvalue weighted by Gasteiger charge is 2.13. The number of carbonyl (C=O) groups is 1. The fourth-order valence-electron chi connectivity index (χ4n) is 2.16. The van der Waals surface area contributed by atoms with E-state index in [0.29, 0.717) is 18.9 Å². The van der Waals surface area contributed by atoms with Crippen molar-refractivity contribution in [2.24, 2.45) is 5.92 Å². The zero-order valence-electron chi connectivity index (χ0n) is 12.0. The van der Waals surface area contributed by atoms with Crippen molar-refractivity contribution in [1.29, 1.82) is 0 Å². The molecule has 0 aliphatic rings. The van der Waals surface area contributed by atoms with Gasteiger partial charge in [0.2, 0.25) is 0 Å². The van der Waals surface area contributed by atoms with Crippen molar-refractivity contribution in [2.45, 2.75) is 78.6 Å². The van der Waals surface area contributed by atoms with Gasteiger partial charge in [-0.2, -0.15) is 0 Å². The van der Waals surface area contributed by atoms with E-state index in [1.165, 1.54) is 51.4 Å². The molecule has 0 aromatic heterocycles. The molecule has 2 nitrogen and oxygen atoms in total. The van der Waals surface area contributed by atoms with E-state index in [1.807, 2.05) is 6.92 Å². The fraction of sp³-hybridized carbons (Fsp3) is 0.933. The second-order valence-corrected chi connectivity index (χ2v) is 4.87. The van der Waals surface area contributed by atoms with Gasteiger partial charge in [-0.15, -0.1) is 0 Å². The minimum absolute atomic E-state index is 0.0101. The van der Waals surface area contributed by atoms with Gasteiger partial charge in [0.1, 0.15) is 0 Å². The summed E-state index contributed by atoms with van der Waals surface area (Å²) in [6.45, 7) is 6.82. The normalized spacial score (nSPS) is 12.4. The van der Waals surface area contributed by atoms with Gasteiger partial charge in [-0.05, 0) is 25.7 Å². The summed E-state index contributed by atoms with van der Waals surface area (Å²) in [6.07, 6.45) is 10.6. The second kappa shape index (κ2) is 11.9. The fourth-order valence-corrected chi connectivity index (χ4v) is 2.16. The Kier molecular flexibility index (Phi) is 11.6. The van der Waals surface area contributed by atoms with Gasteiger partial charge in [0, 0.05) is 6.42 Å². The van der Waals surface area contributed by atoms with Gasteiger partial charge in [0.05, 0.1) is 6.61 Å². The van der Waals surface area contributed by atoms with Gasteiger partial charge in [-0.25, -0.2) is 0 Å². The molecule has 0 aromatic rings. The molecule has 17 heavy (non-hydrogen) atoms. The van der Waals surface area contributed by atoms with Gasteiger partial charge in [0.15, 0.2) is 0 Å². The number of rotatable bonds is 11. The summed E-state index contributed by atoms with van der Waals surface area (Å²) in [4.78, 5) is 11.5. The molecule has 0 amide bonds. The Balaban J connectivity index is 3.82. The lowest BCUT2D eigenvalue weighted by Crippen LogP contribution is -2.12. The van der Waals surface area contributed by atoms with Crippen LogP contribution >= 0.6 is 0 Å². The van der Waals surface area contributed by atoms with Crippen LogP contribution in [0.25, 0.3) is 0 Å². The minimum atomic E-state index is -0.0101. The monoisotopic (exact) mass is 242 g/mol. The molecule has 1 atom stereocenters. The zero-order chi connectivity index (χ0) is 12.9. The highest BCUT2D eigenvalue weighted by molar-refractivity contribution is 5.69. The summed E-state index contributed by atoms with van der Waals surface area (Å²) >= 11 is 0. The maximum absolute atomic E-state index is 11.5. The molecule has 0 heterocycles. The Bertz CT molecular complexity index is 178. The van der Waals surface area contributed by atoms with Gasteiger partial charge in [-0.1, -0.05) is 52.4 Å². The molecule has 0 fully saturated rings. The molecule has 2 heteroatoms. The van der Waals surface area contributed by atoms with Crippen LogP contribution in [0.1, 0.15) is 78.6 Å². The molecule has 0 radical (unpaired) electrons. The third-order valence-electron chi connectivity index (χ3n) is 3.19. The Morgan fingerprint density at radius 3 is 2.18 bits per heavy atom. The first-order valence-electron chi connectivity index (χ1n) is 7.40. The van der Waals surface area contributed by atoms with E-state index in [0.717, 1.165) is 0 Å². The number of esters is 1. The van der Waals surface area contributed by atoms with E-state index in [9.17, 15) is 4.79 Å². The van der Waals surface area contributed by atoms with Crippen LogP contribution < -0.4 is 0 Å². The van der Waals surface area contributed by atoms with Crippen molar-refractivity contribution < 1.29 is 9.53 Å². The number of hydrogen-bond donors (Lipinski definition) is 0. The molecule has 0 spiro atoms. The number of carbonyl (C=O) groups excluding carboxylic acids is 1. The van der Waals surface area contributed by atoms with E-state index in [4.69, 9.17) is 4.74 Å². The maximum atomic E-state index is 11.5. The molecule has 0 saturated carbocycles. The summed E-state index contributed by atoms with van der Waals surface area (Å²) in [5.74, 6) is 0.537. The van der Waals surface area contributed by atoms with Crippen molar-refractivity contribution in [3.63, 3.8) is 0 Å². The van der Waals surface area contributed by atoms with Crippen molar-refractivity contribution in [2.75, 3.05) is 6.61 Å². The average molecular weight is 242 g/mol.